The number of carbonyl (C=O) groups is 1. The maximum Gasteiger partial charge on any atom is 0.338 e. The molecular weight excluding hydrogens is 418 g/mol. The lowest BCUT2D eigenvalue weighted by Gasteiger charge is -2.20. The number of anilines is 1. The number of nitrogens with two attached hydrogens (primary N) is 1. The molecule has 0 aliphatic carbocycles. The van der Waals surface area contributed by atoms with Crippen LogP contribution in [-0.4, -0.2) is 29.5 Å². The predicted octanol–water partition coefficient (Wildman–Crippen LogP) is 2.19. The van der Waals surface area contributed by atoms with E-state index in [2.05, 4.69) is 21.3 Å². The summed E-state index contributed by atoms with van der Waals surface area (Å²) in [5.41, 5.74) is 8.50. The van der Waals surface area contributed by atoms with Crippen LogP contribution in [0.5, 0.6) is 0 Å². The molecule has 9 nitrogen and oxygen atoms in total. The Bertz CT molecular complexity index is 1620. The number of aromatic nitrogens is 5. The number of nitrogens with zero attached hydrogens (tertiary/aromatic N) is 5. The molecule has 5 rings (SSSR count). The Morgan fingerprint density at radius 1 is 1.18 bits per heavy atom. The smallest absolute Gasteiger partial charge is 0.338 e. The Labute approximate surface area is 188 Å². The minimum Gasteiger partial charge on any atom is -0.381 e. The topological polar surface area (TPSA) is 112 Å². The van der Waals surface area contributed by atoms with Crippen molar-refractivity contribution in [2.75, 3.05) is 5.73 Å². The number of rotatable bonds is 4. The number of fused-ring (bicyclic) bond motifs is 2. The van der Waals surface area contributed by atoms with Gasteiger partial charge in [0.2, 0.25) is 0 Å². The molecule has 1 atom stereocenters. The molecule has 33 heavy (non-hydrogen) atoms. The maximum absolute atomic E-state index is 13.5. The number of nitrogens with one attached hydrogen (secondary N) is 1. The zero-order valence-electron chi connectivity index (χ0n) is 17.6. The van der Waals surface area contributed by atoms with Gasteiger partial charge in [-0.3, -0.25) is 13.8 Å². The van der Waals surface area contributed by atoms with Gasteiger partial charge in [0.25, 0.3) is 5.91 Å². The molecule has 5 aromatic rings. The Hall–Kier alpha value is -4.84. The van der Waals surface area contributed by atoms with Crippen LogP contribution in [0.25, 0.3) is 16.9 Å². The van der Waals surface area contributed by atoms with Gasteiger partial charge in [-0.25, -0.2) is 14.3 Å². The molecule has 162 valence electrons. The van der Waals surface area contributed by atoms with Crippen LogP contribution in [0.1, 0.15) is 34.7 Å². The summed E-state index contributed by atoms with van der Waals surface area (Å²) in [4.78, 5) is 30.9. The summed E-state index contributed by atoms with van der Waals surface area (Å²) < 4.78 is 4.46. The fourth-order valence-corrected chi connectivity index (χ4v) is 3.94. The molecular formula is C24H19N7O2. The van der Waals surface area contributed by atoms with E-state index in [0.29, 0.717) is 28.2 Å². The largest absolute Gasteiger partial charge is 0.381 e. The molecule has 0 fully saturated rings. The van der Waals surface area contributed by atoms with Crippen LogP contribution in [0, 0.1) is 12.3 Å². The van der Waals surface area contributed by atoms with Crippen molar-refractivity contribution in [2.24, 2.45) is 0 Å². The van der Waals surface area contributed by atoms with Crippen molar-refractivity contribution in [2.45, 2.75) is 13.0 Å². The van der Waals surface area contributed by atoms with Gasteiger partial charge in [-0.1, -0.05) is 24.1 Å². The van der Waals surface area contributed by atoms with Crippen LogP contribution in [-0.2, 0) is 0 Å². The van der Waals surface area contributed by atoms with Gasteiger partial charge in [0.15, 0.2) is 11.5 Å². The van der Waals surface area contributed by atoms with Crippen LogP contribution in [0.3, 0.4) is 0 Å². The lowest BCUT2D eigenvalue weighted by atomic mass is 10.1. The van der Waals surface area contributed by atoms with Gasteiger partial charge in [0, 0.05) is 12.4 Å². The Morgan fingerprint density at radius 2 is 1.97 bits per heavy atom. The minimum absolute atomic E-state index is 0.0690. The number of hydrogen-bond acceptors (Lipinski definition) is 5. The summed E-state index contributed by atoms with van der Waals surface area (Å²) in [6.45, 7) is 1.79. The summed E-state index contributed by atoms with van der Waals surface area (Å²) in [6, 6.07) is 15.6. The highest BCUT2D eigenvalue weighted by Gasteiger charge is 2.23. The molecule has 0 spiro atoms. The van der Waals surface area contributed by atoms with Crippen LogP contribution in [0.15, 0.2) is 71.8 Å². The molecule has 0 saturated carbocycles. The summed E-state index contributed by atoms with van der Waals surface area (Å²) >= 11 is 0. The summed E-state index contributed by atoms with van der Waals surface area (Å²) in [6.07, 6.45) is 8.82. The van der Waals surface area contributed by atoms with E-state index < -0.39 is 11.9 Å². The number of carbonyl (C=O) groups excluding carboxylic acids is 1. The van der Waals surface area contributed by atoms with Crippen LogP contribution < -0.4 is 16.7 Å². The SMILES string of the molecule is C#Cc1ccc2cc(C(C)NC(=O)c3c(N)nn4cccnc34)n(-c3ccccc3)c(=O)n12. The molecule has 0 aliphatic heterocycles. The molecule has 9 heteroatoms. The molecule has 3 N–H and O–H groups in total. The molecule has 0 bridgehead atoms. The third-order valence-corrected chi connectivity index (χ3v) is 5.45. The summed E-state index contributed by atoms with van der Waals surface area (Å²) in [7, 11) is 0. The highest BCUT2D eigenvalue weighted by Crippen LogP contribution is 2.22. The van der Waals surface area contributed by atoms with E-state index in [4.69, 9.17) is 12.2 Å². The van der Waals surface area contributed by atoms with Gasteiger partial charge >= 0.3 is 5.69 Å². The van der Waals surface area contributed by atoms with E-state index in [1.807, 2.05) is 36.4 Å². The van der Waals surface area contributed by atoms with Crippen molar-refractivity contribution in [1.82, 2.24) is 28.9 Å². The fourth-order valence-electron chi connectivity index (χ4n) is 3.94. The zero-order valence-corrected chi connectivity index (χ0v) is 17.6. The average molecular weight is 437 g/mol. The first-order valence-corrected chi connectivity index (χ1v) is 10.2. The minimum atomic E-state index is -0.558. The summed E-state index contributed by atoms with van der Waals surface area (Å²) in [5.74, 6) is 2.17. The van der Waals surface area contributed by atoms with E-state index in [-0.39, 0.29) is 17.1 Å². The standard InChI is InChI=1S/C24H19N7O2/c1-3-16-10-11-18-14-19(31(24(33)30(16)18)17-8-5-4-6-9-17)15(2)27-23(32)20-21(25)28-29-13-7-12-26-22(20)29/h1,4-15H,2H3,(H2,25,28)(H,27,32). The molecule has 1 aromatic carbocycles. The fraction of sp³-hybridized carbons (Fsp3) is 0.0833. The lowest BCUT2D eigenvalue weighted by Crippen LogP contribution is -2.34. The quantitative estimate of drug-likeness (QED) is 0.419. The Kier molecular flexibility index (Phi) is 4.68. The van der Waals surface area contributed by atoms with Crippen molar-refractivity contribution >= 4 is 22.9 Å². The first-order valence-electron chi connectivity index (χ1n) is 10.2. The molecule has 4 heterocycles. The van der Waals surface area contributed by atoms with E-state index >= 15 is 0 Å². The first-order chi connectivity index (χ1) is 16.0. The highest BCUT2D eigenvalue weighted by molar-refractivity contribution is 6.04. The normalized spacial score (nSPS) is 12.0. The van der Waals surface area contributed by atoms with E-state index in [1.165, 1.54) is 13.5 Å². The Balaban J connectivity index is 1.63. The van der Waals surface area contributed by atoms with Gasteiger partial charge in [-0.2, -0.15) is 0 Å². The van der Waals surface area contributed by atoms with E-state index in [1.54, 1.807) is 37.5 Å². The Morgan fingerprint density at radius 3 is 2.73 bits per heavy atom. The lowest BCUT2D eigenvalue weighted by molar-refractivity contribution is 0.0941. The number of hydrogen-bond donors (Lipinski definition) is 2. The van der Waals surface area contributed by atoms with E-state index in [0.717, 1.165) is 0 Å². The maximum atomic E-state index is 13.5. The van der Waals surface area contributed by atoms with Crippen molar-refractivity contribution in [3.63, 3.8) is 0 Å². The monoisotopic (exact) mass is 437 g/mol. The van der Waals surface area contributed by atoms with Crippen LogP contribution >= 0.6 is 0 Å². The van der Waals surface area contributed by atoms with Crippen molar-refractivity contribution in [3.05, 3.63) is 94.4 Å². The second-order valence-electron chi connectivity index (χ2n) is 7.49. The van der Waals surface area contributed by atoms with Crippen molar-refractivity contribution < 1.29 is 4.79 Å². The number of nitrogen functional groups attached to an aromatic ring is 1. The van der Waals surface area contributed by atoms with Crippen molar-refractivity contribution in [1.29, 1.82) is 0 Å². The number of para-hydroxylation sites is 1. The number of benzene rings is 1. The highest BCUT2D eigenvalue weighted by atomic mass is 16.2. The molecule has 0 radical (unpaired) electrons. The average Bonchev–Trinajstić information content (AvgIpc) is 3.39. The third-order valence-electron chi connectivity index (χ3n) is 5.45. The first kappa shape index (κ1) is 20.1. The number of amides is 1. The molecule has 0 aliphatic rings. The van der Waals surface area contributed by atoms with Gasteiger partial charge in [0.05, 0.1) is 22.9 Å². The van der Waals surface area contributed by atoms with Gasteiger partial charge in [-0.05, 0) is 43.3 Å². The van der Waals surface area contributed by atoms with Crippen LogP contribution in [0.4, 0.5) is 5.82 Å². The zero-order chi connectivity index (χ0) is 23.1. The second-order valence-corrected chi connectivity index (χ2v) is 7.49. The van der Waals surface area contributed by atoms with Crippen LogP contribution in [0.2, 0.25) is 0 Å². The van der Waals surface area contributed by atoms with Crippen molar-refractivity contribution in [3.8, 4) is 18.0 Å². The van der Waals surface area contributed by atoms with Gasteiger partial charge in [-0.15, -0.1) is 11.5 Å². The van der Waals surface area contributed by atoms with Gasteiger partial charge in [0.1, 0.15) is 11.3 Å². The molecule has 0 saturated heterocycles. The van der Waals surface area contributed by atoms with E-state index in [9.17, 15) is 9.59 Å². The predicted molar refractivity (Wildman–Crippen MR) is 124 cm³/mol. The number of terminal acetylenes is 1. The molecule has 4 aromatic heterocycles. The second kappa shape index (κ2) is 7.69. The van der Waals surface area contributed by atoms with Gasteiger partial charge < -0.3 is 11.1 Å². The molecule has 1 unspecified atom stereocenters. The third kappa shape index (κ3) is 3.21. The molecule has 1 amide bonds. The summed E-state index contributed by atoms with van der Waals surface area (Å²) in [5, 5.41) is 7.07.